The fraction of sp³-hybridized carbons (Fsp3) is 0.286. The van der Waals surface area contributed by atoms with Crippen molar-refractivity contribution in [2.45, 2.75) is 38.1 Å². The fourth-order valence-corrected chi connectivity index (χ4v) is 3.75. The molecule has 1 aliphatic rings. The second kappa shape index (κ2) is 6.73. The van der Waals surface area contributed by atoms with E-state index in [2.05, 4.69) is 22.4 Å². The quantitative estimate of drug-likeness (QED) is 0.683. The molecule has 1 aromatic heterocycles. The monoisotopic (exact) mass is 333 g/mol. The molecular weight excluding hydrogens is 310 g/mol. The highest BCUT2D eigenvalue weighted by Crippen LogP contribution is 2.28. The molecule has 2 aromatic carbocycles. The summed E-state index contributed by atoms with van der Waals surface area (Å²) in [5, 5.41) is 4.18. The minimum atomic E-state index is -0.571. The standard InChI is InChI=1S/C21H23N3O/c22-18(12-15-13-23-19-10-4-3-9-17(15)19)21(25)24-20-11-5-7-14-6-1-2-8-16(14)20/h3-5,7,9-11,13,18,23H,1-2,6,8,12,22H2,(H,24,25)/t18-/m0/s1. The summed E-state index contributed by atoms with van der Waals surface area (Å²) >= 11 is 0. The third kappa shape index (κ3) is 3.17. The number of carbonyl (C=O) groups excluding carboxylic acids is 1. The van der Waals surface area contributed by atoms with Crippen LogP contribution in [0.5, 0.6) is 0 Å². The number of hydrogen-bond acceptors (Lipinski definition) is 2. The van der Waals surface area contributed by atoms with Gasteiger partial charge in [-0.3, -0.25) is 4.79 Å². The van der Waals surface area contributed by atoms with Crippen LogP contribution in [-0.4, -0.2) is 16.9 Å². The van der Waals surface area contributed by atoms with E-state index < -0.39 is 6.04 Å². The molecular formula is C21H23N3O. The van der Waals surface area contributed by atoms with Crippen molar-refractivity contribution in [3.8, 4) is 0 Å². The van der Waals surface area contributed by atoms with Crippen LogP contribution in [0.3, 0.4) is 0 Å². The zero-order valence-corrected chi connectivity index (χ0v) is 14.2. The first-order chi connectivity index (χ1) is 12.2. The van der Waals surface area contributed by atoms with Gasteiger partial charge in [0, 0.05) is 22.8 Å². The van der Waals surface area contributed by atoms with Crippen molar-refractivity contribution in [2.24, 2.45) is 5.73 Å². The van der Waals surface area contributed by atoms with Gasteiger partial charge in [-0.05, 0) is 60.9 Å². The molecule has 1 aliphatic carbocycles. The number of H-pyrrole nitrogens is 1. The summed E-state index contributed by atoms with van der Waals surface area (Å²) in [6, 6.07) is 13.7. The summed E-state index contributed by atoms with van der Waals surface area (Å²) in [5.41, 5.74) is 11.9. The molecule has 1 heterocycles. The van der Waals surface area contributed by atoms with Crippen LogP contribution < -0.4 is 11.1 Å². The molecule has 0 aliphatic heterocycles. The smallest absolute Gasteiger partial charge is 0.241 e. The van der Waals surface area contributed by atoms with Crippen molar-refractivity contribution in [2.75, 3.05) is 5.32 Å². The summed E-state index contributed by atoms with van der Waals surface area (Å²) in [7, 11) is 0. The van der Waals surface area contributed by atoms with E-state index in [-0.39, 0.29) is 5.91 Å². The Morgan fingerprint density at radius 2 is 1.96 bits per heavy atom. The van der Waals surface area contributed by atoms with Crippen LogP contribution in [0, 0.1) is 0 Å². The molecule has 25 heavy (non-hydrogen) atoms. The summed E-state index contributed by atoms with van der Waals surface area (Å²) in [6.07, 6.45) is 7.00. The lowest BCUT2D eigenvalue weighted by molar-refractivity contribution is -0.117. The second-order valence-electron chi connectivity index (χ2n) is 6.81. The van der Waals surface area contributed by atoms with Crippen LogP contribution in [0.4, 0.5) is 5.69 Å². The molecule has 0 bridgehead atoms. The van der Waals surface area contributed by atoms with Crippen molar-refractivity contribution in [1.29, 1.82) is 0 Å². The zero-order chi connectivity index (χ0) is 17.2. The van der Waals surface area contributed by atoms with Crippen LogP contribution in [0.1, 0.15) is 29.5 Å². The molecule has 4 nitrogen and oxygen atoms in total. The van der Waals surface area contributed by atoms with Gasteiger partial charge in [-0.25, -0.2) is 0 Å². The predicted molar refractivity (Wildman–Crippen MR) is 102 cm³/mol. The van der Waals surface area contributed by atoms with Crippen molar-refractivity contribution >= 4 is 22.5 Å². The molecule has 128 valence electrons. The lowest BCUT2D eigenvalue weighted by atomic mass is 9.90. The summed E-state index contributed by atoms with van der Waals surface area (Å²) in [5.74, 6) is -0.121. The number of para-hydroxylation sites is 1. The van der Waals surface area contributed by atoms with Gasteiger partial charge in [-0.15, -0.1) is 0 Å². The van der Waals surface area contributed by atoms with Gasteiger partial charge >= 0.3 is 0 Å². The number of hydrogen-bond donors (Lipinski definition) is 3. The van der Waals surface area contributed by atoms with Crippen LogP contribution in [-0.2, 0) is 24.1 Å². The van der Waals surface area contributed by atoms with Crippen molar-refractivity contribution in [3.05, 3.63) is 65.4 Å². The number of nitrogens with one attached hydrogen (secondary N) is 2. The molecule has 0 saturated carbocycles. The topological polar surface area (TPSA) is 70.9 Å². The van der Waals surface area contributed by atoms with Crippen LogP contribution in [0.2, 0.25) is 0 Å². The van der Waals surface area contributed by atoms with Gasteiger partial charge in [0.1, 0.15) is 0 Å². The van der Waals surface area contributed by atoms with E-state index in [0.29, 0.717) is 6.42 Å². The number of carbonyl (C=O) groups is 1. The molecule has 4 rings (SSSR count). The van der Waals surface area contributed by atoms with E-state index in [1.165, 1.54) is 24.0 Å². The van der Waals surface area contributed by atoms with E-state index in [0.717, 1.165) is 35.0 Å². The molecule has 3 aromatic rings. The van der Waals surface area contributed by atoms with Crippen molar-refractivity contribution in [1.82, 2.24) is 4.98 Å². The van der Waals surface area contributed by atoms with Crippen LogP contribution in [0.25, 0.3) is 10.9 Å². The molecule has 1 amide bonds. The number of aryl methyl sites for hydroxylation is 1. The number of anilines is 1. The molecule has 0 saturated heterocycles. The Kier molecular flexibility index (Phi) is 4.28. The number of rotatable bonds is 4. The maximum atomic E-state index is 12.6. The van der Waals surface area contributed by atoms with Gasteiger partial charge in [0.25, 0.3) is 0 Å². The Balaban J connectivity index is 1.50. The second-order valence-corrected chi connectivity index (χ2v) is 6.81. The third-order valence-electron chi connectivity index (χ3n) is 5.11. The molecule has 4 heteroatoms. The molecule has 0 radical (unpaired) electrons. The third-order valence-corrected chi connectivity index (χ3v) is 5.11. The van der Waals surface area contributed by atoms with Gasteiger partial charge in [-0.1, -0.05) is 30.3 Å². The molecule has 0 unspecified atom stereocenters. The Labute approximate surface area is 147 Å². The lowest BCUT2D eigenvalue weighted by Crippen LogP contribution is -2.37. The van der Waals surface area contributed by atoms with Crippen molar-refractivity contribution in [3.63, 3.8) is 0 Å². The fourth-order valence-electron chi connectivity index (χ4n) is 3.75. The predicted octanol–water partition coefficient (Wildman–Crippen LogP) is 3.56. The number of fused-ring (bicyclic) bond motifs is 2. The molecule has 1 atom stereocenters. The highest BCUT2D eigenvalue weighted by Gasteiger charge is 2.19. The number of aromatic amines is 1. The molecule has 0 fully saturated rings. The van der Waals surface area contributed by atoms with E-state index in [9.17, 15) is 4.79 Å². The van der Waals surface area contributed by atoms with E-state index in [1.54, 1.807) is 0 Å². The van der Waals surface area contributed by atoms with Gasteiger partial charge in [0.2, 0.25) is 5.91 Å². The minimum Gasteiger partial charge on any atom is -0.361 e. The van der Waals surface area contributed by atoms with Crippen LogP contribution >= 0.6 is 0 Å². The maximum Gasteiger partial charge on any atom is 0.241 e. The zero-order valence-electron chi connectivity index (χ0n) is 14.2. The van der Waals surface area contributed by atoms with Gasteiger partial charge in [-0.2, -0.15) is 0 Å². The van der Waals surface area contributed by atoms with Gasteiger partial charge in [0.15, 0.2) is 0 Å². The first-order valence-corrected chi connectivity index (χ1v) is 8.94. The number of benzene rings is 2. The Hall–Kier alpha value is -2.59. The number of aromatic nitrogens is 1. The SMILES string of the molecule is N[C@@H](Cc1c[nH]c2ccccc12)C(=O)Nc1cccc2c1CCCC2. The molecule has 4 N–H and O–H groups in total. The van der Waals surface area contributed by atoms with E-state index >= 15 is 0 Å². The maximum absolute atomic E-state index is 12.6. The van der Waals surface area contributed by atoms with Gasteiger partial charge < -0.3 is 16.0 Å². The average molecular weight is 333 g/mol. The molecule has 0 spiro atoms. The largest absolute Gasteiger partial charge is 0.361 e. The highest BCUT2D eigenvalue weighted by molar-refractivity contribution is 5.96. The Morgan fingerprint density at radius 3 is 2.88 bits per heavy atom. The summed E-state index contributed by atoms with van der Waals surface area (Å²) in [4.78, 5) is 15.9. The first-order valence-electron chi connectivity index (χ1n) is 8.94. The van der Waals surface area contributed by atoms with Crippen LogP contribution in [0.15, 0.2) is 48.7 Å². The van der Waals surface area contributed by atoms with E-state index in [4.69, 9.17) is 5.73 Å². The number of amides is 1. The normalized spacial score (nSPS) is 14.9. The average Bonchev–Trinajstić information content (AvgIpc) is 3.05. The van der Waals surface area contributed by atoms with Crippen molar-refractivity contribution < 1.29 is 4.79 Å². The highest BCUT2D eigenvalue weighted by atomic mass is 16.2. The first kappa shape index (κ1) is 15.9. The summed E-state index contributed by atoms with van der Waals surface area (Å²) < 4.78 is 0. The Bertz CT molecular complexity index is 912. The summed E-state index contributed by atoms with van der Waals surface area (Å²) in [6.45, 7) is 0. The lowest BCUT2D eigenvalue weighted by Gasteiger charge is -2.20. The Morgan fingerprint density at radius 1 is 1.12 bits per heavy atom. The number of nitrogens with two attached hydrogens (primary N) is 1. The minimum absolute atomic E-state index is 0.121. The van der Waals surface area contributed by atoms with E-state index in [1.807, 2.05) is 36.5 Å². The van der Waals surface area contributed by atoms with Gasteiger partial charge in [0.05, 0.1) is 6.04 Å².